The lowest BCUT2D eigenvalue weighted by Gasteiger charge is -2.04. The molecule has 1 N–H and O–H groups in total. The van der Waals surface area contributed by atoms with E-state index in [1.165, 1.54) is 11.1 Å². The van der Waals surface area contributed by atoms with Crippen LogP contribution in [0.15, 0.2) is 39.6 Å². The van der Waals surface area contributed by atoms with Crippen LogP contribution in [0.2, 0.25) is 0 Å². The van der Waals surface area contributed by atoms with Gasteiger partial charge in [-0.05, 0) is 40.0 Å². The van der Waals surface area contributed by atoms with Gasteiger partial charge in [-0.3, -0.25) is 4.79 Å². The van der Waals surface area contributed by atoms with Gasteiger partial charge in [0.2, 0.25) is 0 Å². The minimum Gasteiger partial charge on any atom is -0.267 e. The largest absolute Gasteiger partial charge is 0.278 e. The molecule has 0 saturated carbocycles. The number of aryl methyl sites for hydroxylation is 1. The molecule has 1 aromatic carbocycles. The van der Waals surface area contributed by atoms with Crippen LogP contribution in [-0.4, -0.2) is 10.2 Å². The van der Waals surface area contributed by atoms with Crippen LogP contribution in [0.25, 0.3) is 0 Å². The van der Waals surface area contributed by atoms with Crippen molar-refractivity contribution in [2.24, 2.45) is 0 Å². The van der Waals surface area contributed by atoms with Crippen molar-refractivity contribution < 1.29 is 0 Å². The summed E-state index contributed by atoms with van der Waals surface area (Å²) in [6.07, 6.45) is 0.724. The van der Waals surface area contributed by atoms with E-state index in [1.807, 2.05) is 12.1 Å². The van der Waals surface area contributed by atoms with E-state index in [4.69, 9.17) is 0 Å². The summed E-state index contributed by atoms with van der Waals surface area (Å²) in [6.45, 7) is 2.07. The Morgan fingerprint density at radius 2 is 2.12 bits per heavy atom. The van der Waals surface area contributed by atoms with Crippen LogP contribution in [0.5, 0.6) is 0 Å². The molecule has 1 heterocycles. The number of halogens is 1. The maximum Gasteiger partial charge on any atom is 0.278 e. The zero-order valence-electron chi connectivity index (χ0n) is 8.83. The first-order valence-electron chi connectivity index (χ1n) is 4.95. The summed E-state index contributed by atoms with van der Waals surface area (Å²) in [6, 6.07) is 9.90. The van der Waals surface area contributed by atoms with Crippen molar-refractivity contribution in [1.82, 2.24) is 10.2 Å². The Labute approximate surface area is 102 Å². The van der Waals surface area contributed by atoms with Crippen molar-refractivity contribution in [2.75, 3.05) is 0 Å². The molecule has 16 heavy (non-hydrogen) atoms. The molecule has 0 aliphatic carbocycles. The monoisotopic (exact) mass is 278 g/mol. The van der Waals surface area contributed by atoms with Crippen LogP contribution in [0, 0.1) is 6.92 Å². The van der Waals surface area contributed by atoms with Crippen LogP contribution in [-0.2, 0) is 6.42 Å². The number of aromatic nitrogens is 2. The standard InChI is InChI=1S/C12H11BrN2O/c1-8-4-2-3-5-9(8)6-10-7-11(13)12(16)15-14-10/h2-5,7H,6H2,1H3,(H,15,16). The van der Waals surface area contributed by atoms with Crippen LogP contribution >= 0.6 is 15.9 Å². The average molecular weight is 279 g/mol. The van der Waals surface area contributed by atoms with Gasteiger partial charge in [0.05, 0.1) is 10.2 Å². The van der Waals surface area contributed by atoms with E-state index >= 15 is 0 Å². The van der Waals surface area contributed by atoms with E-state index in [9.17, 15) is 4.79 Å². The number of rotatable bonds is 2. The highest BCUT2D eigenvalue weighted by Crippen LogP contribution is 2.12. The lowest BCUT2D eigenvalue weighted by Crippen LogP contribution is -2.10. The lowest BCUT2D eigenvalue weighted by atomic mass is 10.0. The first-order valence-corrected chi connectivity index (χ1v) is 5.75. The normalized spacial score (nSPS) is 10.4. The maximum atomic E-state index is 11.1. The summed E-state index contributed by atoms with van der Waals surface area (Å²) in [7, 11) is 0. The van der Waals surface area contributed by atoms with E-state index in [0.717, 1.165) is 12.1 Å². The second kappa shape index (κ2) is 4.61. The van der Waals surface area contributed by atoms with Crippen molar-refractivity contribution in [3.63, 3.8) is 0 Å². The van der Waals surface area contributed by atoms with Gasteiger partial charge in [-0.2, -0.15) is 5.10 Å². The van der Waals surface area contributed by atoms with Crippen molar-refractivity contribution in [3.8, 4) is 0 Å². The zero-order valence-corrected chi connectivity index (χ0v) is 10.4. The molecule has 2 aromatic rings. The predicted octanol–water partition coefficient (Wildman–Crippen LogP) is 2.43. The molecule has 0 saturated heterocycles. The van der Waals surface area contributed by atoms with E-state index in [0.29, 0.717) is 4.47 Å². The molecule has 0 aliphatic rings. The lowest BCUT2D eigenvalue weighted by molar-refractivity contribution is 0.900. The second-order valence-corrected chi connectivity index (χ2v) is 4.49. The van der Waals surface area contributed by atoms with Crippen LogP contribution < -0.4 is 5.56 Å². The number of H-pyrrole nitrogens is 1. The quantitative estimate of drug-likeness (QED) is 0.917. The number of aromatic amines is 1. The molecule has 3 nitrogen and oxygen atoms in total. The number of nitrogens with zero attached hydrogens (tertiary/aromatic N) is 1. The third-order valence-electron chi connectivity index (χ3n) is 2.44. The summed E-state index contributed by atoms with van der Waals surface area (Å²) in [4.78, 5) is 11.1. The average Bonchev–Trinajstić information content (AvgIpc) is 2.27. The van der Waals surface area contributed by atoms with Crippen molar-refractivity contribution in [1.29, 1.82) is 0 Å². The van der Waals surface area contributed by atoms with Crippen LogP contribution in [0.3, 0.4) is 0 Å². The summed E-state index contributed by atoms with van der Waals surface area (Å²) in [5.74, 6) is 0. The van der Waals surface area contributed by atoms with Gasteiger partial charge in [-0.1, -0.05) is 24.3 Å². The number of benzene rings is 1. The Morgan fingerprint density at radius 3 is 2.81 bits per heavy atom. The van der Waals surface area contributed by atoms with Gasteiger partial charge in [-0.15, -0.1) is 0 Å². The Bertz CT molecular complexity index is 563. The molecule has 0 amide bonds. The molecule has 4 heteroatoms. The smallest absolute Gasteiger partial charge is 0.267 e. The summed E-state index contributed by atoms with van der Waals surface area (Å²) < 4.78 is 0.520. The Morgan fingerprint density at radius 1 is 1.38 bits per heavy atom. The van der Waals surface area contributed by atoms with Crippen LogP contribution in [0.1, 0.15) is 16.8 Å². The fraction of sp³-hybridized carbons (Fsp3) is 0.167. The van der Waals surface area contributed by atoms with Gasteiger partial charge in [0.25, 0.3) is 5.56 Å². The minimum absolute atomic E-state index is 0.200. The molecule has 0 bridgehead atoms. The van der Waals surface area contributed by atoms with Gasteiger partial charge in [0, 0.05) is 6.42 Å². The van der Waals surface area contributed by atoms with Gasteiger partial charge >= 0.3 is 0 Å². The highest BCUT2D eigenvalue weighted by atomic mass is 79.9. The highest BCUT2D eigenvalue weighted by molar-refractivity contribution is 9.10. The van der Waals surface area contributed by atoms with E-state index < -0.39 is 0 Å². The van der Waals surface area contributed by atoms with E-state index in [1.54, 1.807) is 6.07 Å². The Balaban J connectivity index is 2.31. The minimum atomic E-state index is -0.200. The molecule has 0 atom stereocenters. The summed E-state index contributed by atoms with van der Waals surface area (Å²) in [5.41, 5.74) is 3.09. The maximum absolute atomic E-state index is 11.1. The van der Waals surface area contributed by atoms with Gasteiger partial charge in [0.15, 0.2) is 0 Å². The first kappa shape index (κ1) is 11.1. The molecule has 0 radical (unpaired) electrons. The Hall–Kier alpha value is -1.42. The third-order valence-corrected chi connectivity index (χ3v) is 3.03. The second-order valence-electron chi connectivity index (χ2n) is 3.64. The van der Waals surface area contributed by atoms with E-state index in [-0.39, 0.29) is 5.56 Å². The highest BCUT2D eigenvalue weighted by Gasteiger charge is 2.03. The zero-order chi connectivity index (χ0) is 11.5. The molecule has 0 spiro atoms. The van der Waals surface area contributed by atoms with Crippen molar-refractivity contribution >= 4 is 15.9 Å². The molecule has 1 aromatic heterocycles. The van der Waals surface area contributed by atoms with Gasteiger partial charge < -0.3 is 0 Å². The molecule has 82 valence electrons. The molecular weight excluding hydrogens is 268 g/mol. The molecule has 0 aliphatic heterocycles. The van der Waals surface area contributed by atoms with Crippen LogP contribution in [0.4, 0.5) is 0 Å². The third kappa shape index (κ3) is 2.39. The topological polar surface area (TPSA) is 45.8 Å². The molecular formula is C12H11BrN2O. The molecule has 2 rings (SSSR count). The predicted molar refractivity (Wildman–Crippen MR) is 66.5 cm³/mol. The molecule has 0 unspecified atom stereocenters. The summed E-state index contributed by atoms with van der Waals surface area (Å²) >= 11 is 3.19. The first-order chi connectivity index (χ1) is 7.66. The Kier molecular flexibility index (Phi) is 3.19. The number of hydrogen-bond donors (Lipinski definition) is 1. The van der Waals surface area contributed by atoms with Gasteiger partial charge in [0.1, 0.15) is 0 Å². The number of nitrogens with one attached hydrogen (secondary N) is 1. The fourth-order valence-corrected chi connectivity index (χ4v) is 1.87. The number of hydrogen-bond acceptors (Lipinski definition) is 2. The van der Waals surface area contributed by atoms with Gasteiger partial charge in [-0.25, -0.2) is 5.10 Å². The van der Waals surface area contributed by atoms with E-state index in [2.05, 4.69) is 45.2 Å². The molecule has 0 fully saturated rings. The van der Waals surface area contributed by atoms with Crippen molar-refractivity contribution in [2.45, 2.75) is 13.3 Å². The summed E-state index contributed by atoms with van der Waals surface area (Å²) in [5, 5.41) is 6.46. The van der Waals surface area contributed by atoms with Crippen molar-refractivity contribution in [3.05, 3.63) is 62.0 Å². The fourth-order valence-electron chi connectivity index (χ4n) is 1.51. The SMILES string of the molecule is Cc1ccccc1Cc1cc(Br)c(=O)[nH]n1.